The van der Waals surface area contributed by atoms with Crippen molar-refractivity contribution >= 4 is 11.9 Å². The lowest BCUT2D eigenvalue weighted by Crippen LogP contribution is -2.01. The Bertz CT molecular complexity index is 749. The summed E-state index contributed by atoms with van der Waals surface area (Å²) in [6, 6.07) is 9.07. The number of benzene rings is 2. The molecule has 126 valence electrons. The fraction of sp³-hybridized carbons (Fsp3) is 0.211. The van der Waals surface area contributed by atoms with Crippen LogP contribution in [0.2, 0.25) is 0 Å². The molecule has 24 heavy (non-hydrogen) atoms. The maximum atomic E-state index is 12.4. The highest BCUT2D eigenvalue weighted by Gasteiger charge is 2.11. The third-order valence-corrected chi connectivity index (χ3v) is 3.24. The average Bonchev–Trinajstić information content (AvgIpc) is 2.54. The van der Waals surface area contributed by atoms with Crippen molar-refractivity contribution in [1.82, 2.24) is 0 Å². The Hall–Kier alpha value is -2.95. The molecule has 2 aromatic carbocycles. The summed E-state index contributed by atoms with van der Waals surface area (Å²) in [7, 11) is 0. The monoisotopic (exact) mass is 328 g/mol. The zero-order valence-electron chi connectivity index (χ0n) is 13.7. The van der Waals surface area contributed by atoms with Gasteiger partial charge >= 0.3 is 0 Å². The molecule has 0 aromatic heterocycles. The first-order valence-electron chi connectivity index (χ1n) is 7.69. The fourth-order valence-corrected chi connectivity index (χ4v) is 2.19. The molecule has 0 aliphatic rings. The molecule has 0 amide bonds. The fourth-order valence-electron chi connectivity index (χ4n) is 2.19. The molecule has 0 atom stereocenters. The van der Waals surface area contributed by atoms with Gasteiger partial charge in [0.1, 0.15) is 23.0 Å². The van der Waals surface area contributed by atoms with Gasteiger partial charge in [0.2, 0.25) is 0 Å². The lowest BCUT2D eigenvalue weighted by Gasteiger charge is -2.09. The first-order chi connectivity index (χ1) is 11.5. The summed E-state index contributed by atoms with van der Waals surface area (Å²) in [5.74, 6) is 0.712. The molecule has 0 spiro atoms. The Balaban J connectivity index is 2.28. The Morgan fingerprint density at radius 2 is 1.54 bits per heavy atom. The van der Waals surface area contributed by atoms with E-state index in [1.54, 1.807) is 19.1 Å². The van der Waals surface area contributed by atoms with Crippen molar-refractivity contribution in [2.45, 2.75) is 13.8 Å². The first kappa shape index (κ1) is 17.4. The molecule has 5 nitrogen and oxygen atoms in total. The molecular weight excluding hydrogens is 308 g/mol. The van der Waals surface area contributed by atoms with Crippen LogP contribution in [-0.2, 0) is 0 Å². The van der Waals surface area contributed by atoms with Gasteiger partial charge in [-0.2, -0.15) is 0 Å². The summed E-state index contributed by atoms with van der Waals surface area (Å²) in [6.07, 6.45) is 3.03. The predicted molar refractivity (Wildman–Crippen MR) is 91.9 cm³/mol. The van der Waals surface area contributed by atoms with Crippen LogP contribution in [-0.4, -0.2) is 29.2 Å². The van der Waals surface area contributed by atoms with E-state index >= 15 is 0 Å². The quantitative estimate of drug-likeness (QED) is 0.597. The number of hydrogen-bond donors (Lipinski definition) is 2. The molecule has 0 fully saturated rings. The number of aromatic hydroxyl groups is 2. The Labute approximate surface area is 140 Å². The van der Waals surface area contributed by atoms with E-state index in [2.05, 4.69) is 0 Å². The van der Waals surface area contributed by atoms with Gasteiger partial charge in [0, 0.05) is 17.7 Å². The third-order valence-electron chi connectivity index (χ3n) is 3.24. The van der Waals surface area contributed by atoms with Gasteiger partial charge in [-0.1, -0.05) is 0 Å². The van der Waals surface area contributed by atoms with Gasteiger partial charge in [0.15, 0.2) is 5.78 Å². The van der Waals surface area contributed by atoms with Gasteiger partial charge in [-0.05, 0) is 50.3 Å². The highest BCUT2D eigenvalue weighted by molar-refractivity contribution is 6.08. The zero-order valence-corrected chi connectivity index (χ0v) is 13.7. The minimum Gasteiger partial charge on any atom is -0.508 e. The number of rotatable bonds is 7. The number of phenols is 2. The van der Waals surface area contributed by atoms with E-state index < -0.39 is 0 Å². The summed E-state index contributed by atoms with van der Waals surface area (Å²) in [5.41, 5.74) is 1.04. The number of phenolic OH excluding ortho intramolecular Hbond substituents is 2. The Morgan fingerprint density at radius 1 is 0.958 bits per heavy atom. The van der Waals surface area contributed by atoms with Crippen LogP contribution in [0.25, 0.3) is 6.08 Å². The number of carbonyl (C=O) groups is 1. The van der Waals surface area contributed by atoms with E-state index in [1.165, 1.54) is 36.4 Å². The summed E-state index contributed by atoms with van der Waals surface area (Å²) in [5, 5.41) is 19.1. The molecule has 0 aliphatic carbocycles. The van der Waals surface area contributed by atoms with Crippen LogP contribution in [0.4, 0.5) is 0 Å². The average molecular weight is 328 g/mol. The van der Waals surface area contributed by atoms with Crippen molar-refractivity contribution < 1.29 is 24.5 Å². The van der Waals surface area contributed by atoms with E-state index in [0.717, 1.165) is 0 Å². The van der Waals surface area contributed by atoms with Crippen LogP contribution in [0, 0.1) is 0 Å². The van der Waals surface area contributed by atoms with Crippen LogP contribution >= 0.6 is 0 Å². The third kappa shape index (κ3) is 4.29. The van der Waals surface area contributed by atoms with Gasteiger partial charge in [-0.15, -0.1) is 0 Å². The lowest BCUT2D eigenvalue weighted by molar-refractivity contribution is 0.104. The molecule has 2 rings (SSSR count). The minimum absolute atomic E-state index is 0.0381. The molecule has 0 heterocycles. The van der Waals surface area contributed by atoms with Crippen molar-refractivity contribution in [2.24, 2.45) is 0 Å². The largest absolute Gasteiger partial charge is 0.508 e. The molecule has 0 radical (unpaired) electrons. The molecule has 0 saturated heterocycles. The number of allylic oxidation sites excluding steroid dienone is 1. The molecule has 0 saturated carbocycles. The van der Waals surface area contributed by atoms with Gasteiger partial charge < -0.3 is 19.7 Å². The smallest absolute Gasteiger partial charge is 0.189 e. The molecule has 2 aromatic rings. The van der Waals surface area contributed by atoms with E-state index in [9.17, 15) is 15.0 Å². The zero-order chi connectivity index (χ0) is 17.5. The van der Waals surface area contributed by atoms with Gasteiger partial charge in [0.25, 0.3) is 0 Å². The van der Waals surface area contributed by atoms with E-state index in [-0.39, 0.29) is 17.3 Å². The summed E-state index contributed by atoms with van der Waals surface area (Å²) >= 11 is 0. The summed E-state index contributed by atoms with van der Waals surface area (Å²) in [6.45, 7) is 4.48. The van der Waals surface area contributed by atoms with Crippen LogP contribution in [0.1, 0.15) is 29.8 Å². The van der Waals surface area contributed by atoms with E-state index in [0.29, 0.717) is 35.8 Å². The molecule has 0 aliphatic heterocycles. The standard InChI is InChI=1S/C19H20O5/c1-3-23-18-11-14(20)7-5-13(18)6-10-17(22)16-9-8-15(21)12-19(16)24-4-2/h5-12,20-21H,3-4H2,1-2H3. The molecule has 0 unspecified atom stereocenters. The number of ether oxygens (including phenoxy) is 2. The van der Waals surface area contributed by atoms with Gasteiger partial charge in [-0.25, -0.2) is 0 Å². The van der Waals surface area contributed by atoms with Crippen LogP contribution in [0.15, 0.2) is 42.5 Å². The van der Waals surface area contributed by atoms with Crippen molar-refractivity contribution in [3.8, 4) is 23.0 Å². The first-order valence-corrected chi connectivity index (χ1v) is 7.69. The van der Waals surface area contributed by atoms with Gasteiger partial charge in [0.05, 0.1) is 18.8 Å². The van der Waals surface area contributed by atoms with Crippen molar-refractivity contribution in [2.75, 3.05) is 13.2 Å². The second kappa shape index (κ2) is 8.06. The van der Waals surface area contributed by atoms with Crippen molar-refractivity contribution in [3.05, 3.63) is 53.6 Å². The topological polar surface area (TPSA) is 76.0 Å². The predicted octanol–water partition coefficient (Wildman–Crippen LogP) is 3.79. The number of hydrogen-bond acceptors (Lipinski definition) is 5. The SMILES string of the molecule is CCOc1cc(O)ccc1C=CC(=O)c1ccc(O)cc1OCC. The maximum Gasteiger partial charge on any atom is 0.189 e. The minimum atomic E-state index is -0.256. The second-order valence-electron chi connectivity index (χ2n) is 4.97. The normalized spacial score (nSPS) is 10.8. The van der Waals surface area contributed by atoms with Crippen LogP contribution in [0.5, 0.6) is 23.0 Å². The highest BCUT2D eigenvalue weighted by Crippen LogP contribution is 2.27. The van der Waals surface area contributed by atoms with Crippen molar-refractivity contribution in [3.63, 3.8) is 0 Å². The van der Waals surface area contributed by atoms with Crippen LogP contribution in [0.3, 0.4) is 0 Å². The van der Waals surface area contributed by atoms with E-state index in [1.807, 2.05) is 6.92 Å². The highest BCUT2D eigenvalue weighted by atomic mass is 16.5. The molecular formula is C19H20O5. The summed E-state index contributed by atoms with van der Waals surface area (Å²) < 4.78 is 10.9. The van der Waals surface area contributed by atoms with Gasteiger partial charge in [-0.3, -0.25) is 4.79 Å². The number of ketones is 1. The lowest BCUT2D eigenvalue weighted by atomic mass is 10.1. The molecule has 2 N–H and O–H groups in total. The summed E-state index contributed by atoms with van der Waals surface area (Å²) in [4.78, 5) is 12.4. The van der Waals surface area contributed by atoms with E-state index in [4.69, 9.17) is 9.47 Å². The second-order valence-corrected chi connectivity index (χ2v) is 4.97. The molecule has 5 heteroatoms. The van der Waals surface area contributed by atoms with Crippen molar-refractivity contribution in [1.29, 1.82) is 0 Å². The Morgan fingerprint density at radius 3 is 2.21 bits per heavy atom. The Kier molecular flexibility index (Phi) is 5.84. The maximum absolute atomic E-state index is 12.4. The van der Waals surface area contributed by atoms with Crippen LogP contribution < -0.4 is 9.47 Å². The number of carbonyl (C=O) groups excluding carboxylic acids is 1. The molecule has 0 bridgehead atoms.